The lowest BCUT2D eigenvalue weighted by Crippen LogP contribution is -2.60. The van der Waals surface area contributed by atoms with Crippen LogP contribution >= 0.6 is 0 Å². The van der Waals surface area contributed by atoms with Crippen LogP contribution in [-0.2, 0) is 4.79 Å². The summed E-state index contributed by atoms with van der Waals surface area (Å²) >= 11 is 0. The number of nitrogens with zero attached hydrogens (tertiary/aromatic N) is 4. The van der Waals surface area contributed by atoms with Crippen LogP contribution in [0.3, 0.4) is 0 Å². The molecule has 228 valence electrons. The zero-order valence-electron chi connectivity index (χ0n) is 21.8. The highest BCUT2D eigenvalue weighted by atomic mass is 19.3. The van der Waals surface area contributed by atoms with Gasteiger partial charge in [0.2, 0.25) is 11.8 Å². The van der Waals surface area contributed by atoms with Gasteiger partial charge in [-0.15, -0.1) is 0 Å². The van der Waals surface area contributed by atoms with Gasteiger partial charge in [0.05, 0.1) is 24.6 Å². The van der Waals surface area contributed by atoms with E-state index >= 15 is 4.39 Å². The first-order chi connectivity index (χ1) is 19.7. The number of alkyl halides is 7. The zero-order chi connectivity index (χ0) is 30.6. The second-order valence-corrected chi connectivity index (χ2v) is 10.6. The summed E-state index contributed by atoms with van der Waals surface area (Å²) < 4.78 is 116. The van der Waals surface area contributed by atoms with E-state index in [1.54, 1.807) is 0 Å². The smallest absolute Gasteiger partial charge is 0.282 e. The minimum atomic E-state index is -3.73. The molecule has 3 heterocycles. The molecule has 2 aromatic heterocycles. The van der Waals surface area contributed by atoms with Gasteiger partial charge in [-0.05, 0) is 36.9 Å². The first-order valence-electron chi connectivity index (χ1n) is 12.9. The van der Waals surface area contributed by atoms with Gasteiger partial charge >= 0.3 is 0 Å². The molecule has 3 aromatic rings. The second-order valence-electron chi connectivity index (χ2n) is 10.6. The van der Waals surface area contributed by atoms with E-state index in [2.05, 4.69) is 30.2 Å². The molecule has 42 heavy (non-hydrogen) atoms. The van der Waals surface area contributed by atoms with E-state index in [4.69, 9.17) is 0 Å². The lowest BCUT2D eigenvalue weighted by molar-refractivity contribution is -0.170. The van der Waals surface area contributed by atoms with Crippen LogP contribution in [0.5, 0.6) is 0 Å². The fraction of sp³-hybridized carbons (Fsp3) is 0.560. The first-order valence-corrected chi connectivity index (χ1v) is 12.9. The standard InChI is InChI=1S/C25H24F8N6O3/c1-10-17(38-42-37-10)22(40)36-18(11-4-6-24(30,31)7-5-11)21-34-13-3-2-12(15(26)19(13)35-21)14(16(27)20(28)29)23(41)39-8-25(32,33)9-39/h2-3,11,14,16,18,20H,4-9H2,1H3,(H,34,35)(H,36,40)/t14?,16?,18-/m0/s1. The minimum absolute atomic E-state index is 0.0416. The predicted octanol–water partition coefficient (Wildman–Crippen LogP) is 4.85. The molecule has 2 fully saturated rings. The summed E-state index contributed by atoms with van der Waals surface area (Å²) in [4.78, 5) is 33.1. The topological polar surface area (TPSA) is 117 Å². The van der Waals surface area contributed by atoms with Crippen molar-refractivity contribution in [3.05, 3.63) is 40.7 Å². The molecule has 1 aliphatic carbocycles. The van der Waals surface area contributed by atoms with Gasteiger partial charge in [-0.3, -0.25) is 9.59 Å². The molecule has 9 nitrogen and oxygen atoms in total. The summed E-state index contributed by atoms with van der Waals surface area (Å²) in [7, 11) is 0. The van der Waals surface area contributed by atoms with Crippen molar-refractivity contribution < 1.29 is 49.3 Å². The first kappa shape index (κ1) is 29.7. The van der Waals surface area contributed by atoms with E-state index in [0.29, 0.717) is 4.90 Å². The SMILES string of the molecule is Cc1nonc1C(=O)N[C@H](c1nc2c(F)c(C(C(=O)N3CC(F)(F)C3)C(F)C(F)F)ccc2[nH]1)C1CCC(F)(F)CC1. The summed E-state index contributed by atoms with van der Waals surface area (Å²) in [6, 6.07) is 0.914. The zero-order valence-corrected chi connectivity index (χ0v) is 21.8. The molecular formula is C25H24F8N6O3. The maximum Gasteiger partial charge on any atom is 0.282 e. The maximum absolute atomic E-state index is 15.8. The van der Waals surface area contributed by atoms with Crippen LogP contribution in [0, 0.1) is 18.7 Å². The number of aromatic amines is 1. The van der Waals surface area contributed by atoms with E-state index in [9.17, 15) is 40.3 Å². The Labute approximate surface area is 232 Å². The molecule has 2 amide bonds. The lowest BCUT2D eigenvalue weighted by Gasteiger charge is -2.41. The molecule has 0 radical (unpaired) electrons. The summed E-state index contributed by atoms with van der Waals surface area (Å²) in [5.74, 6) is -12.9. The molecule has 3 atom stereocenters. The van der Waals surface area contributed by atoms with Crippen molar-refractivity contribution in [3.8, 4) is 0 Å². The van der Waals surface area contributed by atoms with E-state index in [1.165, 1.54) is 6.92 Å². The molecule has 2 N–H and O–H groups in total. The molecule has 0 spiro atoms. The van der Waals surface area contributed by atoms with Crippen molar-refractivity contribution in [1.29, 1.82) is 0 Å². The van der Waals surface area contributed by atoms with E-state index in [-0.39, 0.29) is 35.6 Å². The molecular weight excluding hydrogens is 584 g/mol. The Bertz CT molecular complexity index is 1480. The van der Waals surface area contributed by atoms with Gasteiger partial charge in [0.15, 0.2) is 17.7 Å². The van der Waals surface area contributed by atoms with Crippen molar-refractivity contribution in [2.75, 3.05) is 13.1 Å². The van der Waals surface area contributed by atoms with Crippen molar-refractivity contribution in [2.24, 2.45) is 5.92 Å². The number of hydrogen-bond donors (Lipinski definition) is 2. The molecule has 1 saturated carbocycles. The van der Waals surface area contributed by atoms with Crippen LogP contribution in [-0.4, -0.2) is 74.5 Å². The second kappa shape index (κ2) is 10.8. The molecule has 5 rings (SSSR count). The minimum Gasteiger partial charge on any atom is -0.340 e. The van der Waals surface area contributed by atoms with Gasteiger partial charge in [-0.25, -0.2) is 44.7 Å². The third kappa shape index (κ3) is 5.64. The van der Waals surface area contributed by atoms with Gasteiger partial charge in [0.25, 0.3) is 18.3 Å². The lowest BCUT2D eigenvalue weighted by atomic mass is 9.81. The average Bonchev–Trinajstić information content (AvgIpc) is 3.54. The fourth-order valence-corrected chi connectivity index (χ4v) is 5.37. The van der Waals surface area contributed by atoms with E-state index in [1.807, 2.05) is 0 Å². The number of aryl methyl sites for hydroxylation is 1. The number of carbonyl (C=O) groups excluding carboxylic acids is 2. The highest BCUT2D eigenvalue weighted by molar-refractivity contribution is 5.93. The highest BCUT2D eigenvalue weighted by Gasteiger charge is 2.51. The number of nitrogens with one attached hydrogen (secondary N) is 2. The maximum atomic E-state index is 15.8. The van der Waals surface area contributed by atoms with Crippen LogP contribution in [0.4, 0.5) is 35.1 Å². The van der Waals surface area contributed by atoms with Crippen LogP contribution in [0.2, 0.25) is 0 Å². The largest absolute Gasteiger partial charge is 0.340 e. The third-order valence-corrected chi connectivity index (χ3v) is 7.64. The molecule has 2 unspecified atom stereocenters. The quantitative estimate of drug-likeness (QED) is 0.353. The number of hydrogen-bond acceptors (Lipinski definition) is 6. The summed E-state index contributed by atoms with van der Waals surface area (Å²) in [6.07, 6.45) is -8.02. The Morgan fingerprint density at radius 3 is 2.31 bits per heavy atom. The Hall–Kier alpha value is -3.79. The van der Waals surface area contributed by atoms with Gasteiger partial charge in [0, 0.05) is 18.4 Å². The monoisotopic (exact) mass is 608 g/mol. The van der Waals surface area contributed by atoms with Crippen molar-refractivity contribution >= 4 is 22.8 Å². The molecule has 2 aliphatic rings. The molecule has 1 saturated heterocycles. The van der Waals surface area contributed by atoms with Gasteiger partial charge < -0.3 is 15.2 Å². The molecule has 0 bridgehead atoms. The Morgan fingerprint density at radius 1 is 1.07 bits per heavy atom. The Balaban J connectivity index is 1.51. The van der Waals surface area contributed by atoms with Crippen LogP contribution in [0.25, 0.3) is 11.0 Å². The summed E-state index contributed by atoms with van der Waals surface area (Å²) in [5.41, 5.74) is -1.44. The summed E-state index contributed by atoms with van der Waals surface area (Å²) in [6.45, 7) is -0.815. The number of H-pyrrole nitrogens is 1. The number of benzene rings is 1. The highest BCUT2D eigenvalue weighted by Crippen LogP contribution is 2.42. The van der Waals surface area contributed by atoms with Gasteiger partial charge in [-0.1, -0.05) is 11.2 Å². The number of rotatable bonds is 8. The van der Waals surface area contributed by atoms with Crippen LogP contribution in [0.1, 0.15) is 65.2 Å². The fourth-order valence-electron chi connectivity index (χ4n) is 5.37. The number of imidazole rings is 1. The van der Waals surface area contributed by atoms with Crippen molar-refractivity contribution in [3.63, 3.8) is 0 Å². The number of amides is 2. The van der Waals surface area contributed by atoms with Crippen molar-refractivity contribution in [2.45, 2.75) is 69.0 Å². The Kier molecular flexibility index (Phi) is 7.64. The molecule has 1 aromatic carbocycles. The van der Waals surface area contributed by atoms with Crippen molar-refractivity contribution in [1.82, 2.24) is 30.5 Å². The third-order valence-electron chi connectivity index (χ3n) is 7.64. The predicted molar refractivity (Wildman–Crippen MR) is 127 cm³/mol. The Morgan fingerprint density at radius 2 is 1.74 bits per heavy atom. The van der Waals surface area contributed by atoms with Crippen LogP contribution < -0.4 is 5.32 Å². The number of likely N-dealkylation sites (tertiary alicyclic amines) is 1. The number of halogens is 8. The normalized spacial score (nSPS) is 20.8. The summed E-state index contributed by atoms with van der Waals surface area (Å²) in [5, 5.41) is 9.66. The van der Waals surface area contributed by atoms with Crippen LogP contribution in [0.15, 0.2) is 16.8 Å². The number of carbonyl (C=O) groups is 2. The number of fused-ring (bicyclic) bond motifs is 1. The van der Waals surface area contributed by atoms with E-state index < -0.39 is 97.0 Å². The average molecular weight is 608 g/mol. The number of aromatic nitrogens is 4. The molecule has 17 heteroatoms. The molecule has 1 aliphatic heterocycles. The van der Waals surface area contributed by atoms with E-state index in [0.717, 1.165) is 12.1 Å². The van der Waals surface area contributed by atoms with Gasteiger partial charge in [-0.2, -0.15) is 0 Å². The van der Waals surface area contributed by atoms with Gasteiger partial charge in [0.1, 0.15) is 23.0 Å².